The first-order chi connectivity index (χ1) is 5.06. The highest BCUT2D eigenvalue weighted by Crippen LogP contribution is 1.93. The predicted molar refractivity (Wildman–Crippen MR) is 41.8 cm³/mol. The van der Waals surface area contributed by atoms with Crippen molar-refractivity contribution >= 4 is 23.4 Å². The van der Waals surface area contributed by atoms with Crippen molar-refractivity contribution in [1.82, 2.24) is 10.6 Å². The molecule has 0 aromatic rings. The van der Waals surface area contributed by atoms with Crippen molar-refractivity contribution in [2.45, 2.75) is 6.92 Å². The van der Waals surface area contributed by atoms with Crippen LogP contribution in [0.1, 0.15) is 6.92 Å². The minimum atomic E-state index is -0.358. The summed E-state index contributed by atoms with van der Waals surface area (Å²) in [7, 11) is 1.47. The molecule has 0 saturated heterocycles. The lowest BCUT2D eigenvalue weighted by atomic mass is 10.5. The van der Waals surface area contributed by atoms with Gasteiger partial charge in [-0.25, -0.2) is 0 Å². The van der Waals surface area contributed by atoms with E-state index in [0.717, 1.165) is 6.08 Å². The molecular weight excluding hydrogens is 168 g/mol. The Morgan fingerprint density at radius 1 is 1.45 bits per heavy atom. The molecule has 0 aliphatic carbocycles. The molecule has 0 unspecified atom stereocenters. The number of amides is 2. The van der Waals surface area contributed by atoms with Gasteiger partial charge in [0.15, 0.2) is 0 Å². The van der Waals surface area contributed by atoms with Gasteiger partial charge >= 0.3 is 0 Å². The maximum atomic E-state index is 10.6. The Balaban J connectivity index is 4.00. The number of hydrogen-bond donors (Lipinski definition) is 2. The summed E-state index contributed by atoms with van der Waals surface area (Å²) in [5.74, 6) is -0.668. The molecule has 4 nitrogen and oxygen atoms in total. The van der Waals surface area contributed by atoms with Gasteiger partial charge in [-0.1, -0.05) is 11.6 Å². The average molecular weight is 177 g/mol. The highest BCUT2D eigenvalue weighted by Gasteiger charge is 1.97. The van der Waals surface area contributed by atoms with Gasteiger partial charge < -0.3 is 10.6 Å². The summed E-state index contributed by atoms with van der Waals surface area (Å²) in [6.45, 7) is 1.31. The van der Waals surface area contributed by atoms with Gasteiger partial charge in [0.05, 0.1) is 0 Å². The second-order valence-electron chi connectivity index (χ2n) is 1.79. The van der Waals surface area contributed by atoms with E-state index in [9.17, 15) is 9.59 Å². The zero-order chi connectivity index (χ0) is 8.85. The Labute approximate surface area is 69.6 Å². The third-order valence-electron chi connectivity index (χ3n) is 0.800. The molecule has 0 atom stereocenters. The molecule has 2 N–H and O–H groups in total. The van der Waals surface area contributed by atoms with Crippen molar-refractivity contribution in [3.05, 3.63) is 11.2 Å². The number of carbonyl (C=O) groups excluding carboxylic acids is 2. The van der Waals surface area contributed by atoms with Crippen LogP contribution in [0.5, 0.6) is 0 Å². The maximum absolute atomic E-state index is 10.6. The SMILES string of the molecule is CNC(=O)/C=C(/Cl)NC(C)=O. The van der Waals surface area contributed by atoms with E-state index in [4.69, 9.17) is 11.6 Å². The van der Waals surface area contributed by atoms with Crippen molar-refractivity contribution in [3.63, 3.8) is 0 Å². The Hall–Kier alpha value is -1.03. The van der Waals surface area contributed by atoms with Crippen LogP contribution >= 0.6 is 11.6 Å². The van der Waals surface area contributed by atoms with Gasteiger partial charge in [0, 0.05) is 20.0 Å². The van der Waals surface area contributed by atoms with Crippen LogP contribution in [-0.4, -0.2) is 18.9 Å². The van der Waals surface area contributed by atoms with Gasteiger partial charge in [-0.2, -0.15) is 0 Å². The molecule has 0 aromatic carbocycles. The highest BCUT2D eigenvalue weighted by atomic mass is 35.5. The van der Waals surface area contributed by atoms with E-state index in [1.807, 2.05) is 0 Å². The van der Waals surface area contributed by atoms with E-state index in [2.05, 4.69) is 10.6 Å². The van der Waals surface area contributed by atoms with Crippen LogP contribution in [0.3, 0.4) is 0 Å². The van der Waals surface area contributed by atoms with Crippen LogP contribution < -0.4 is 10.6 Å². The summed E-state index contributed by atoms with van der Waals surface area (Å²) in [5, 5.41) is 4.56. The fourth-order valence-electron chi connectivity index (χ4n) is 0.392. The summed E-state index contributed by atoms with van der Waals surface area (Å²) >= 11 is 5.42. The average Bonchev–Trinajstić information content (AvgIpc) is 1.85. The number of nitrogens with one attached hydrogen (secondary N) is 2. The van der Waals surface area contributed by atoms with E-state index in [-0.39, 0.29) is 17.0 Å². The Morgan fingerprint density at radius 3 is 2.36 bits per heavy atom. The quantitative estimate of drug-likeness (QED) is 0.458. The lowest BCUT2D eigenvalue weighted by Crippen LogP contribution is -2.20. The van der Waals surface area contributed by atoms with Gasteiger partial charge in [0.2, 0.25) is 11.8 Å². The smallest absolute Gasteiger partial charge is 0.246 e. The van der Waals surface area contributed by atoms with Crippen LogP contribution in [0.25, 0.3) is 0 Å². The van der Waals surface area contributed by atoms with Gasteiger partial charge in [-0.05, 0) is 0 Å². The fourth-order valence-corrected chi connectivity index (χ4v) is 0.624. The van der Waals surface area contributed by atoms with Crippen LogP contribution in [0.2, 0.25) is 0 Å². The molecule has 0 aliphatic rings. The summed E-state index contributed by atoms with van der Waals surface area (Å²) in [5.41, 5.74) is 0. The van der Waals surface area contributed by atoms with Crippen molar-refractivity contribution in [2.75, 3.05) is 7.05 Å². The van der Waals surface area contributed by atoms with E-state index >= 15 is 0 Å². The topological polar surface area (TPSA) is 58.2 Å². The molecule has 0 fully saturated rings. The molecule has 0 radical (unpaired) electrons. The monoisotopic (exact) mass is 176 g/mol. The first-order valence-electron chi connectivity index (χ1n) is 2.92. The van der Waals surface area contributed by atoms with Crippen LogP contribution in [0, 0.1) is 0 Å². The minimum absolute atomic E-state index is 0.0110. The Morgan fingerprint density at radius 2 is 2.00 bits per heavy atom. The third-order valence-corrected chi connectivity index (χ3v) is 1.00. The number of hydrogen-bond acceptors (Lipinski definition) is 2. The second-order valence-corrected chi connectivity index (χ2v) is 2.19. The minimum Gasteiger partial charge on any atom is -0.356 e. The van der Waals surface area contributed by atoms with Crippen molar-refractivity contribution in [3.8, 4) is 0 Å². The molecule has 0 saturated carbocycles. The largest absolute Gasteiger partial charge is 0.356 e. The maximum Gasteiger partial charge on any atom is 0.246 e. The van der Waals surface area contributed by atoms with E-state index < -0.39 is 0 Å². The standard InChI is InChI=1S/C6H9ClN2O2/c1-4(10)9-5(7)3-6(11)8-2/h3H,1-2H3,(H,8,11)(H,9,10)/b5-3-. The second kappa shape index (κ2) is 4.73. The molecule has 0 bridgehead atoms. The lowest BCUT2D eigenvalue weighted by Gasteiger charge is -1.97. The summed E-state index contributed by atoms with van der Waals surface area (Å²) in [6.07, 6.45) is 1.09. The van der Waals surface area contributed by atoms with Crippen LogP contribution in [-0.2, 0) is 9.59 Å². The highest BCUT2D eigenvalue weighted by molar-refractivity contribution is 6.31. The normalized spacial score (nSPS) is 10.6. The number of rotatable bonds is 2. The molecule has 5 heteroatoms. The van der Waals surface area contributed by atoms with Gasteiger partial charge in [-0.3, -0.25) is 9.59 Å². The first kappa shape index (κ1) is 9.97. The molecule has 62 valence electrons. The predicted octanol–water partition coefficient (Wildman–Crippen LogP) is -0.0513. The van der Waals surface area contributed by atoms with Crippen LogP contribution in [0.4, 0.5) is 0 Å². The fraction of sp³-hybridized carbons (Fsp3) is 0.333. The number of likely N-dealkylation sites (N-methyl/N-ethyl adjacent to an activating group) is 1. The molecular formula is C6H9ClN2O2. The van der Waals surface area contributed by atoms with Crippen LogP contribution in [0.15, 0.2) is 11.2 Å². The lowest BCUT2D eigenvalue weighted by molar-refractivity contribution is -0.118. The molecule has 0 rings (SSSR count). The summed E-state index contributed by atoms with van der Waals surface area (Å²) in [6, 6.07) is 0. The van der Waals surface area contributed by atoms with Crippen molar-refractivity contribution in [2.24, 2.45) is 0 Å². The summed E-state index contributed by atoms with van der Waals surface area (Å²) < 4.78 is 0. The molecule has 0 heterocycles. The van der Waals surface area contributed by atoms with Gasteiger partial charge in [0.25, 0.3) is 0 Å². The van der Waals surface area contributed by atoms with Gasteiger partial charge in [-0.15, -0.1) is 0 Å². The van der Waals surface area contributed by atoms with Crippen molar-refractivity contribution in [1.29, 1.82) is 0 Å². The molecule has 0 aromatic heterocycles. The third kappa shape index (κ3) is 5.42. The number of halogens is 1. The van der Waals surface area contributed by atoms with Gasteiger partial charge in [0.1, 0.15) is 5.16 Å². The number of carbonyl (C=O) groups is 2. The summed E-state index contributed by atoms with van der Waals surface area (Å²) in [4.78, 5) is 20.9. The zero-order valence-corrected chi connectivity index (χ0v) is 7.03. The van der Waals surface area contributed by atoms with E-state index in [1.165, 1.54) is 14.0 Å². The molecule has 0 spiro atoms. The van der Waals surface area contributed by atoms with E-state index in [0.29, 0.717) is 0 Å². The first-order valence-corrected chi connectivity index (χ1v) is 3.30. The Bertz CT molecular complexity index is 201. The zero-order valence-electron chi connectivity index (χ0n) is 6.27. The molecule has 2 amide bonds. The van der Waals surface area contributed by atoms with E-state index in [1.54, 1.807) is 0 Å². The van der Waals surface area contributed by atoms with Crippen molar-refractivity contribution < 1.29 is 9.59 Å². The molecule has 0 aliphatic heterocycles. The molecule has 11 heavy (non-hydrogen) atoms. The Kier molecular flexibility index (Phi) is 4.29.